The van der Waals surface area contributed by atoms with Crippen LogP contribution in [0.15, 0.2) is 28.8 Å². The summed E-state index contributed by atoms with van der Waals surface area (Å²) in [6.45, 7) is 6.23. The van der Waals surface area contributed by atoms with Gasteiger partial charge in [-0.3, -0.25) is 4.99 Å². The molecule has 72 valence electrons. The Morgan fingerprint density at radius 2 is 2.46 bits per heavy atom. The quantitative estimate of drug-likeness (QED) is 0.656. The molecule has 0 aromatic rings. The van der Waals surface area contributed by atoms with E-state index in [1.165, 1.54) is 5.57 Å². The van der Waals surface area contributed by atoms with Crippen molar-refractivity contribution in [3.8, 4) is 0 Å². The van der Waals surface area contributed by atoms with Crippen LogP contribution >= 0.6 is 0 Å². The number of amidine groups is 1. The van der Waals surface area contributed by atoms with Gasteiger partial charge >= 0.3 is 0 Å². The number of rotatable bonds is 4. The van der Waals surface area contributed by atoms with Crippen LogP contribution in [0, 0.1) is 0 Å². The van der Waals surface area contributed by atoms with Crippen LogP contribution in [-0.2, 0) is 0 Å². The molecule has 1 heterocycles. The molecule has 0 saturated carbocycles. The molecule has 0 aromatic carbocycles. The third-order valence-electron chi connectivity index (χ3n) is 1.94. The molecule has 2 heteroatoms. The van der Waals surface area contributed by atoms with E-state index < -0.39 is 0 Å². The van der Waals surface area contributed by atoms with Gasteiger partial charge < -0.3 is 5.32 Å². The number of hydrogen-bond donors (Lipinski definition) is 1. The van der Waals surface area contributed by atoms with Crippen molar-refractivity contribution in [3.63, 3.8) is 0 Å². The molecule has 1 N–H and O–H groups in total. The lowest BCUT2D eigenvalue weighted by molar-refractivity contribution is 0.952. The van der Waals surface area contributed by atoms with Crippen LogP contribution in [0.25, 0.3) is 0 Å². The van der Waals surface area contributed by atoms with Crippen LogP contribution in [0.3, 0.4) is 0 Å². The molecule has 0 fully saturated rings. The lowest BCUT2D eigenvalue weighted by Crippen LogP contribution is -2.18. The third-order valence-corrected chi connectivity index (χ3v) is 1.94. The maximum absolute atomic E-state index is 4.34. The molecule has 2 nitrogen and oxygen atoms in total. The molecule has 0 saturated heterocycles. The number of hydrogen-bond acceptors (Lipinski definition) is 2. The van der Waals surface area contributed by atoms with Crippen molar-refractivity contribution in [3.05, 3.63) is 23.8 Å². The highest BCUT2D eigenvalue weighted by molar-refractivity contribution is 5.85. The molecule has 0 bridgehead atoms. The van der Waals surface area contributed by atoms with Crippen molar-refractivity contribution in [2.24, 2.45) is 4.99 Å². The van der Waals surface area contributed by atoms with Crippen LogP contribution in [-0.4, -0.2) is 18.9 Å². The fraction of sp³-hybridized carbons (Fsp3) is 0.545. The summed E-state index contributed by atoms with van der Waals surface area (Å²) in [7, 11) is 0. The van der Waals surface area contributed by atoms with Crippen molar-refractivity contribution in [1.82, 2.24) is 5.32 Å². The topological polar surface area (TPSA) is 24.4 Å². The zero-order valence-corrected chi connectivity index (χ0v) is 8.51. The van der Waals surface area contributed by atoms with Crippen LogP contribution in [0.1, 0.15) is 26.7 Å². The smallest absolute Gasteiger partial charge is 0.100 e. The van der Waals surface area contributed by atoms with Crippen molar-refractivity contribution >= 4 is 5.84 Å². The third kappa shape index (κ3) is 3.92. The summed E-state index contributed by atoms with van der Waals surface area (Å²) >= 11 is 0. The highest BCUT2D eigenvalue weighted by atomic mass is 15.1. The second-order valence-corrected chi connectivity index (χ2v) is 3.28. The molecule has 0 atom stereocenters. The summed E-state index contributed by atoms with van der Waals surface area (Å²) in [6.07, 6.45) is 8.50. The van der Waals surface area contributed by atoms with Crippen LogP contribution in [0.2, 0.25) is 0 Å². The van der Waals surface area contributed by atoms with E-state index in [2.05, 4.69) is 42.4 Å². The fourth-order valence-electron chi connectivity index (χ4n) is 1.26. The largest absolute Gasteiger partial charge is 0.372 e. The second kappa shape index (κ2) is 5.57. The normalized spacial score (nSPS) is 17.7. The van der Waals surface area contributed by atoms with E-state index in [4.69, 9.17) is 0 Å². The highest BCUT2D eigenvalue weighted by Gasteiger charge is 2.03. The van der Waals surface area contributed by atoms with Gasteiger partial charge in [0.2, 0.25) is 0 Å². The molecule has 0 spiro atoms. The first-order chi connectivity index (χ1) is 6.33. The van der Waals surface area contributed by atoms with E-state index in [1.54, 1.807) is 0 Å². The van der Waals surface area contributed by atoms with Crippen molar-refractivity contribution in [2.45, 2.75) is 26.7 Å². The summed E-state index contributed by atoms with van der Waals surface area (Å²) in [5.74, 6) is 1.14. The predicted octanol–water partition coefficient (Wildman–Crippen LogP) is 2.29. The van der Waals surface area contributed by atoms with Gasteiger partial charge in [0.25, 0.3) is 0 Å². The fourth-order valence-corrected chi connectivity index (χ4v) is 1.26. The first-order valence-electron chi connectivity index (χ1n) is 4.92. The molecule has 0 amide bonds. The molecule has 13 heavy (non-hydrogen) atoms. The number of aliphatic imine (C=N–C) groups is 1. The first kappa shape index (κ1) is 10.0. The van der Waals surface area contributed by atoms with Gasteiger partial charge in [-0.15, -0.1) is 0 Å². The maximum Gasteiger partial charge on any atom is 0.100 e. The van der Waals surface area contributed by atoms with Crippen molar-refractivity contribution in [1.29, 1.82) is 0 Å². The Hall–Kier alpha value is -1.05. The lowest BCUT2D eigenvalue weighted by Gasteiger charge is -2.00. The van der Waals surface area contributed by atoms with E-state index in [1.807, 2.05) is 0 Å². The summed E-state index contributed by atoms with van der Waals surface area (Å²) in [5.41, 5.74) is 1.36. The number of nitrogens with zero attached hydrogens (tertiary/aromatic N) is 1. The Morgan fingerprint density at radius 1 is 1.62 bits per heavy atom. The van der Waals surface area contributed by atoms with Gasteiger partial charge in [-0.1, -0.05) is 30.7 Å². The van der Waals surface area contributed by atoms with Gasteiger partial charge in [0, 0.05) is 13.0 Å². The van der Waals surface area contributed by atoms with Crippen molar-refractivity contribution in [2.75, 3.05) is 13.1 Å². The average Bonchev–Trinajstić information content (AvgIpc) is 2.57. The second-order valence-electron chi connectivity index (χ2n) is 3.28. The minimum Gasteiger partial charge on any atom is -0.372 e. The molecule has 1 aliphatic rings. The molecular weight excluding hydrogens is 160 g/mol. The minimum atomic E-state index is 0.938. The van der Waals surface area contributed by atoms with E-state index in [-0.39, 0.29) is 0 Å². The molecular formula is C11H18N2. The zero-order valence-electron chi connectivity index (χ0n) is 8.51. The minimum absolute atomic E-state index is 0.938. The van der Waals surface area contributed by atoms with Gasteiger partial charge in [0.15, 0.2) is 0 Å². The predicted molar refractivity (Wildman–Crippen MR) is 58.1 cm³/mol. The zero-order chi connectivity index (χ0) is 9.52. The summed E-state index contributed by atoms with van der Waals surface area (Å²) in [4.78, 5) is 4.34. The Balaban J connectivity index is 2.35. The molecule has 1 rings (SSSR count). The van der Waals surface area contributed by atoms with Crippen LogP contribution in [0.5, 0.6) is 0 Å². The van der Waals surface area contributed by atoms with E-state index >= 15 is 0 Å². The lowest BCUT2D eigenvalue weighted by atomic mass is 10.2. The van der Waals surface area contributed by atoms with Crippen LogP contribution < -0.4 is 5.32 Å². The summed E-state index contributed by atoms with van der Waals surface area (Å²) in [5, 5.41) is 3.26. The summed E-state index contributed by atoms with van der Waals surface area (Å²) in [6, 6.07) is 0. The average molecular weight is 178 g/mol. The van der Waals surface area contributed by atoms with E-state index in [0.717, 1.165) is 31.8 Å². The SMILES string of the molecule is CC/C=C\C=C(/C)CC1=NCCN1. The Labute approximate surface area is 80.4 Å². The molecule has 0 unspecified atom stereocenters. The molecule has 1 aliphatic heterocycles. The monoisotopic (exact) mass is 178 g/mol. The Bertz CT molecular complexity index is 236. The number of nitrogens with one attached hydrogen (secondary N) is 1. The van der Waals surface area contributed by atoms with Gasteiger partial charge in [-0.05, 0) is 13.3 Å². The van der Waals surface area contributed by atoms with Crippen LogP contribution in [0.4, 0.5) is 0 Å². The van der Waals surface area contributed by atoms with Gasteiger partial charge in [-0.25, -0.2) is 0 Å². The standard InChI is InChI=1S/C11H18N2/c1-3-4-5-6-10(2)9-11-12-7-8-13-11/h4-6H,3,7-9H2,1-2H3,(H,12,13)/b5-4-,10-6+. The first-order valence-corrected chi connectivity index (χ1v) is 4.92. The Morgan fingerprint density at radius 3 is 3.08 bits per heavy atom. The van der Waals surface area contributed by atoms with Crippen molar-refractivity contribution < 1.29 is 0 Å². The van der Waals surface area contributed by atoms with Gasteiger partial charge in [0.1, 0.15) is 5.84 Å². The van der Waals surface area contributed by atoms with Gasteiger partial charge in [-0.2, -0.15) is 0 Å². The van der Waals surface area contributed by atoms with E-state index in [0.29, 0.717) is 0 Å². The van der Waals surface area contributed by atoms with E-state index in [9.17, 15) is 0 Å². The van der Waals surface area contributed by atoms with Gasteiger partial charge in [0.05, 0.1) is 6.54 Å². The highest BCUT2D eigenvalue weighted by Crippen LogP contribution is 2.03. The Kier molecular flexibility index (Phi) is 4.30. The maximum atomic E-state index is 4.34. The summed E-state index contributed by atoms with van der Waals surface area (Å²) < 4.78 is 0. The number of allylic oxidation sites excluding steroid dienone is 3. The molecule has 0 radical (unpaired) electrons. The molecule has 0 aromatic heterocycles. The molecule has 0 aliphatic carbocycles.